The van der Waals surface area contributed by atoms with Crippen molar-refractivity contribution in [2.24, 2.45) is 0 Å². The summed E-state index contributed by atoms with van der Waals surface area (Å²) in [7, 11) is 0. The topological polar surface area (TPSA) is 89.5 Å². The second-order valence-corrected chi connectivity index (χ2v) is 22.2. The van der Waals surface area contributed by atoms with Crippen LogP contribution in [0.3, 0.4) is 0 Å². The molecule has 0 aromatic heterocycles. The van der Waals surface area contributed by atoms with Gasteiger partial charge in [0.05, 0.1) is 26.4 Å². The van der Waals surface area contributed by atoms with Crippen LogP contribution in [0, 0.1) is 0 Å². The lowest BCUT2D eigenvalue weighted by Crippen LogP contribution is -2.12. The van der Waals surface area contributed by atoms with Gasteiger partial charge in [-0.05, 0) is 134 Å². The van der Waals surface area contributed by atoms with Crippen molar-refractivity contribution in [3.8, 4) is 45.3 Å². The number of rotatable bonds is 48. The summed E-state index contributed by atoms with van der Waals surface area (Å²) in [6.07, 6.45) is 38.6. The van der Waals surface area contributed by atoms with Crippen LogP contribution in [0.15, 0.2) is 136 Å². The van der Waals surface area contributed by atoms with Crippen LogP contribution in [0.2, 0.25) is 0 Å². The molecule has 0 heterocycles. The summed E-state index contributed by atoms with van der Waals surface area (Å²) in [5, 5.41) is 4.27. The average molecular weight is 1120 g/mol. The molecule has 0 amide bonds. The fourth-order valence-electron chi connectivity index (χ4n) is 10.5. The molecule has 0 spiro atoms. The minimum absolute atomic E-state index is 0.205. The van der Waals surface area contributed by atoms with E-state index in [2.05, 4.69) is 125 Å². The monoisotopic (exact) mass is 1120 g/mol. The van der Waals surface area contributed by atoms with Crippen LogP contribution in [0.1, 0.15) is 206 Å². The molecule has 0 radical (unpaired) electrons. The van der Waals surface area contributed by atoms with E-state index in [1.165, 1.54) is 89.9 Å². The highest BCUT2D eigenvalue weighted by Gasteiger charge is 2.19. The van der Waals surface area contributed by atoms with Crippen molar-refractivity contribution in [3.05, 3.63) is 136 Å². The number of benzene rings is 5. The van der Waals surface area contributed by atoms with E-state index in [0.29, 0.717) is 39.3 Å². The lowest BCUT2D eigenvalue weighted by molar-refractivity contribution is -0.146. The van der Waals surface area contributed by atoms with E-state index in [9.17, 15) is 9.59 Å². The molecule has 0 saturated carbocycles. The maximum atomic E-state index is 12.1. The summed E-state index contributed by atoms with van der Waals surface area (Å²) < 4.78 is 37.1. The minimum Gasteiger partial charge on any atom is -0.494 e. The van der Waals surface area contributed by atoms with Crippen molar-refractivity contribution in [2.45, 2.75) is 219 Å². The maximum Gasteiger partial charge on any atom is 0.306 e. The number of hydrogen-bond donors (Lipinski definition) is 0. The summed E-state index contributed by atoms with van der Waals surface area (Å²) in [5.41, 5.74) is 4.46. The highest BCUT2D eigenvalue weighted by Crippen LogP contribution is 2.46. The van der Waals surface area contributed by atoms with Crippen LogP contribution < -0.4 is 18.9 Å². The number of carbonyl (C=O) groups is 2. The zero-order chi connectivity index (χ0) is 58.2. The summed E-state index contributed by atoms with van der Waals surface area (Å²) in [6.45, 7) is 21.9. The fourth-order valence-corrected chi connectivity index (χ4v) is 10.5. The Bertz CT molecular complexity index is 2420. The number of carbonyl (C=O) groups excluding carboxylic acids is 2. The van der Waals surface area contributed by atoms with E-state index in [4.69, 9.17) is 28.4 Å². The zero-order valence-corrected chi connectivity index (χ0v) is 50.7. The van der Waals surface area contributed by atoms with Crippen molar-refractivity contribution in [1.82, 2.24) is 0 Å². The Morgan fingerprint density at radius 3 is 0.939 bits per heavy atom. The Morgan fingerprint density at radius 2 is 0.622 bits per heavy atom. The van der Waals surface area contributed by atoms with Crippen molar-refractivity contribution in [3.63, 3.8) is 0 Å². The summed E-state index contributed by atoms with van der Waals surface area (Å²) in [4.78, 5) is 24.2. The van der Waals surface area contributed by atoms with Gasteiger partial charge in [-0.1, -0.05) is 218 Å². The third kappa shape index (κ3) is 24.7. The van der Waals surface area contributed by atoms with Crippen LogP contribution in [-0.2, 0) is 19.1 Å². The lowest BCUT2D eigenvalue weighted by Gasteiger charge is -2.20. The van der Waals surface area contributed by atoms with Crippen molar-refractivity contribution < 1.29 is 38.0 Å². The molecular formula is C74H102O8. The molecule has 8 heteroatoms. The molecule has 5 aromatic rings. The quantitative estimate of drug-likeness (QED) is 0.0165. The molecule has 0 bridgehead atoms. The van der Waals surface area contributed by atoms with E-state index in [1.807, 2.05) is 0 Å². The first kappa shape index (κ1) is 66.5. The molecular weight excluding hydrogens is 1020 g/mol. The highest BCUT2D eigenvalue weighted by molar-refractivity contribution is 6.13. The molecule has 0 fully saturated rings. The molecule has 0 saturated heterocycles. The molecule has 5 rings (SSSR count). The molecule has 0 aliphatic rings. The zero-order valence-electron chi connectivity index (χ0n) is 50.7. The van der Waals surface area contributed by atoms with Gasteiger partial charge in [-0.25, -0.2) is 0 Å². The second-order valence-electron chi connectivity index (χ2n) is 22.2. The minimum atomic E-state index is -0.424. The van der Waals surface area contributed by atoms with Crippen LogP contribution in [0.4, 0.5) is 0 Å². The standard InChI is InChI=1S/C74H102O8/c1-7-13-15-17-19-21-23-29-37-55-79-73-67-51-45-62(60-43-49-66(50-44-60)78-54-36-32-26-28-34-40-72(76)82-64(11-5)12-6)58-70(67)74(80-56-38-30-24-22-20-18-16-14-8-2)68-52-46-61(57-69(68)73)59-41-47-65(48-42-59)77-53-35-31-25-27-33-39-71(75)81-63(9-3)10-4/h9-12,41-52,57-58,63-64H,3-8,13-40,53-56H2,1-2H3. The second kappa shape index (κ2) is 40.8. The predicted molar refractivity (Wildman–Crippen MR) is 345 cm³/mol. The molecule has 0 N–H and O–H groups in total. The molecule has 446 valence electrons. The van der Waals surface area contributed by atoms with Crippen LogP contribution in [0.5, 0.6) is 23.0 Å². The summed E-state index contributed by atoms with van der Waals surface area (Å²) >= 11 is 0. The van der Waals surface area contributed by atoms with Gasteiger partial charge in [-0.2, -0.15) is 0 Å². The number of unbranched alkanes of at least 4 members (excludes halogenated alkanes) is 24. The Kier molecular flexibility index (Phi) is 33.1. The summed E-state index contributed by atoms with van der Waals surface area (Å²) in [6, 6.07) is 30.5. The van der Waals surface area contributed by atoms with Gasteiger partial charge in [-0.15, -0.1) is 0 Å². The lowest BCUT2D eigenvalue weighted by atomic mass is 9.94. The highest BCUT2D eigenvalue weighted by atomic mass is 16.5. The number of ether oxygens (including phenoxy) is 6. The van der Waals surface area contributed by atoms with E-state index >= 15 is 0 Å². The Balaban J connectivity index is 1.30. The van der Waals surface area contributed by atoms with Crippen LogP contribution in [-0.4, -0.2) is 50.6 Å². The van der Waals surface area contributed by atoms with Gasteiger partial charge >= 0.3 is 11.9 Å². The Morgan fingerprint density at radius 1 is 0.341 bits per heavy atom. The number of hydrogen-bond acceptors (Lipinski definition) is 8. The third-order valence-electron chi connectivity index (χ3n) is 15.4. The van der Waals surface area contributed by atoms with E-state index in [0.717, 1.165) is 157 Å². The average Bonchev–Trinajstić information content (AvgIpc) is 3.64. The van der Waals surface area contributed by atoms with Gasteiger partial charge in [0.1, 0.15) is 35.2 Å². The first-order valence-corrected chi connectivity index (χ1v) is 32.0. The molecule has 5 aromatic carbocycles. The van der Waals surface area contributed by atoms with Gasteiger partial charge < -0.3 is 28.4 Å². The SMILES string of the molecule is C=CC(C=C)OC(=O)CCCCCCCOc1ccc(-c2ccc3c(OCCCCCCCCCCC)c4cc(-c5ccc(OCCCCCCCC(=O)OC(C=C)C=C)cc5)ccc4c(OCCCCCCCCCCC)c3c2)cc1. The Hall–Kier alpha value is -6.28. The normalized spacial score (nSPS) is 11.3. The molecule has 0 aliphatic heterocycles. The molecule has 8 nitrogen and oxygen atoms in total. The summed E-state index contributed by atoms with van der Waals surface area (Å²) in [5.74, 6) is 3.14. The van der Waals surface area contributed by atoms with Gasteiger partial charge in [0.2, 0.25) is 0 Å². The third-order valence-corrected chi connectivity index (χ3v) is 15.4. The molecule has 0 unspecified atom stereocenters. The number of esters is 2. The van der Waals surface area contributed by atoms with E-state index in [1.54, 1.807) is 24.3 Å². The van der Waals surface area contributed by atoms with E-state index in [-0.39, 0.29) is 11.9 Å². The molecule has 0 aliphatic carbocycles. The van der Waals surface area contributed by atoms with Gasteiger partial charge in [0.25, 0.3) is 0 Å². The first-order valence-electron chi connectivity index (χ1n) is 32.0. The van der Waals surface area contributed by atoms with E-state index < -0.39 is 12.2 Å². The smallest absolute Gasteiger partial charge is 0.306 e. The predicted octanol–water partition coefficient (Wildman–Crippen LogP) is 21.2. The van der Waals surface area contributed by atoms with Crippen molar-refractivity contribution in [1.29, 1.82) is 0 Å². The van der Waals surface area contributed by atoms with Crippen molar-refractivity contribution in [2.75, 3.05) is 26.4 Å². The fraction of sp³-hybridized carbons (Fsp3) is 0.514. The maximum absolute atomic E-state index is 12.1. The van der Waals surface area contributed by atoms with Gasteiger partial charge in [-0.3, -0.25) is 9.59 Å². The van der Waals surface area contributed by atoms with Crippen molar-refractivity contribution >= 4 is 33.5 Å². The molecule has 0 atom stereocenters. The molecule has 82 heavy (non-hydrogen) atoms. The first-order chi connectivity index (χ1) is 40.3. The number of fused-ring (bicyclic) bond motifs is 2. The van der Waals surface area contributed by atoms with Crippen LogP contribution >= 0.6 is 0 Å². The van der Waals surface area contributed by atoms with Gasteiger partial charge in [0.15, 0.2) is 0 Å². The van der Waals surface area contributed by atoms with Crippen LogP contribution in [0.25, 0.3) is 43.8 Å². The van der Waals surface area contributed by atoms with Gasteiger partial charge in [0, 0.05) is 34.4 Å². The Labute approximate surface area is 495 Å². The largest absolute Gasteiger partial charge is 0.494 e.